The van der Waals surface area contributed by atoms with Crippen molar-refractivity contribution in [3.8, 4) is 0 Å². The highest BCUT2D eigenvalue weighted by molar-refractivity contribution is 6.02. The van der Waals surface area contributed by atoms with Gasteiger partial charge in [-0.15, -0.1) is 0 Å². The molecule has 0 unspecified atom stereocenters. The Bertz CT molecular complexity index is 503. The van der Waals surface area contributed by atoms with Crippen LogP contribution in [0.15, 0.2) is 12.2 Å². The van der Waals surface area contributed by atoms with E-state index in [1.807, 2.05) is 6.92 Å². The molecule has 2 amide bonds. The van der Waals surface area contributed by atoms with Crippen LogP contribution in [0.3, 0.4) is 0 Å². The molecule has 0 atom stereocenters. The molecule has 0 aromatic carbocycles. The Balaban J connectivity index is 1.83. The van der Waals surface area contributed by atoms with Crippen molar-refractivity contribution >= 4 is 18.0 Å². The minimum Gasteiger partial charge on any atom is -0.456 e. The summed E-state index contributed by atoms with van der Waals surface area (Å²) >= 11 is 0. The Labute approximate surface area is 136 Å². The molecule has 0 N–H and O–H groups in total. The van der Waals surface area contributed by atoms with Crippen LogP contribution < -0.4 is 0 Å². The average molecular weight is 323 g/mol. The minimum absolute atomic E-state index is 0.192. The van der Waals surface area contributed by atoms with E-state index in [0.29, 0.717) is 11.8 Å². The number of ether oxygens (including phenoxy) is 2. The molecule has 1 aliphatic carbocycles. The van der Waals surface area contributed by atoms with Gasteiger partial charge in [0, 0.05) is 12.2 Å². The van der Waals surface area contributed by atoms with Crippen LogP contribution in [0.1, 0.15) is 46.5 Å². The predicted octanol–water partition coefficient (Wildman–Crippen LogP) is 2.67. The lowest BCUT2D eigenvalue weighted by Gasteiger charge is -2.38. The van der Waals surface area contributed by atoms with Crippen LogP contribution in [0.25, 0.3) is 0 Å². The molecule has 1 heterocycles. The third-order valence-electron chi connectivity index (χ3n) is 4.77. The fourth-order valence-electron chi connectivity index (χ4n) is 3.12. The highest BCUT2D eigenvalue weighted by Gasteiger charge is 2.35. The van der Waals surface area contributed by atoms with Crippen LogP contribution in [0, 0.1) is 11.8 Å². The zero-order chi connectivity index (χ0) is 17.0. The molecular weight excluding hydrogens is 298 g/mol. The fourth-order valence-corrected chi connectivity index (χ4v) is 3.12. The molecule has 0 bridgehead atoms. The Morgan fingerprint density at radius 2 is 1.96 bits per heavy atom. The Kier molecular flexibility index (Phi) is 5.44. The summed E-state index contributed by atoms with van der Waals surface area (Å²) in [5.41, 5.74) is -0.470. The fraction of sp³-hybridized carbons (Fsp3) is 0.706. The lowest BCUT2D eigenvalue weighted by atomic mass is 9.75. The van der Waals surface area contributed by atoms with Gasteiger partial charge in [0.15, 0.2) is 0 Å². The normalized spacial score (nSPS) is 28.3. The van der Waals surface area contributed by atoms with Crippen molar-refractivity contribution < 1.29 is 23.9 Å². The molecular formula is C17H25NO5. The Morgan fingerprint density at radius 1 is 1.30 bits per heavy atom. The SMILES string of the molecule is CC(C)C1CCC(C)(OC(=O)/C=C/C(=O)N2CCOC2=O)CC1. The number of carbonyl (C=O) groups is 3. The van der Waals surface area contributed by atoms with E-state index in [0.717, 1.165) is 42.7 Å². The highest BCUT2D eigenvalue weighted by Crippen LogP contribution is 2.37. The van der Waals surface area contributed by atoms with E-state index in [9.17, 15) is 14.4 Å². The van der Waals surface area contributed by atoms with Crippen molar-refractivity contribution in [2.45, 2.75) is 52.1 Å². The molecule has 2 fully saturated rings. The predicted molar refractivity (Wildman–Crippen MR) is 83.5 cm³/mol. The maximum absolute atomic E-state index is 11.9. The van der Waals surface area contributed by atoms with Gasteiger partial charge in [-0.2, -0.15) is 0 Å². The van der Waals surface area contributed by atoms with Crippen molar-refractivity contribution in [3.63, 3.8) is 0 Å². The lowest BCUT2D eigenvalue weighted by Crippen LogP contribution is -2.37. The quantitative estimate of drug-likeness (QED) is 0.587. The van der Waals surface area contributed by atoms with E-state index in [2.05, 4.69) is 18.6 Å². The number of hydrogen-bond acceptors (Lipinski definition) is 5. The van der Waals surface area contributed by atoms with E-state index in [1.54, 1.807) is 0 Å². The van der Waals surface area contributed by atoms with Gasteiger partial charge in [-0.3, -0.25) is 4.79 Å². The molecule has 1 saturated heterocycles. The van der Waals surface area contributed by atoms with E-state index >= 15 is 0 Å². The van der Waals surface area contributed by atoms with Gasteiger partial charge in [0.2, 0.25) is 0 Å². The van der Waals surface area contributed by atoms with Crippen molar-refractivity contribution in [1.29, 1.82) is 0 Å². The van der Waals surface area contributed by atoms with Crippen molar-refractivity contribution in [1.82, 2.24) is 4.90 Å². The van der Waals surface area contributed by atoms with Crippen LogP contribution in [-0.4, -0.2) is 41.6 Å². The molecule has 0 radical (unpaired) electrons. The number of carbonyl (C=O) groups excluding carboxylic acids is 3. The van der Waals surface area contributed by atoms with Gasteiger partial charge >= 0.3 is 12.1 Å². The molecule has 1 aliphatic heterocycles. The molecule has 128 valence electrons. The summed E-state index contributed by atoms with van der Waals surface area (Å²) < 4.78 is 10.2. The summed E-state index contributed by atoms with van der Waals surface area (Å²) in [5, 5.41) is 0. The van der Waals surface area contributed by atoms with Crippen molar-refractivity contribution in [2.24, 2.45) is 11.8 Å². The van der Waals surface area contributed by atoms with Crippen molar-refractivity contribution in [3.05, 3.63) is 12.2 Å². The Morgan fingerprint density at radius 3 is 2.48 bits per heavy atom. The van der Waals surface area contributed by atoms with E-state index in [1.165, 1.54) is 0 Å². The van der Waals surface area contributed by atoms with Crippen LogP contribution >= 0.6 is 0 Å². The molecule has 23 heavy (non-hydrogen) atoms. The smallest absolute Gasteiger partial charge is 0.416 e. The average Bonchev–Trinajstić information content (AvgIpc) is 2.91. The molecule has 0 spiro atoms. The molecule has 0 aromatic rings. The summed E-state index contributed by atoms with van der Waals surface area (Å²) in [5.74, 6) is 0.225. The number of nitrogens with zero attached hydrogens (tertiary/aromatic N) is 1. The first kappa shape index (κ1) is 17.5. The van der Waals surface area contributed by atoms with Gasteiger partial charge < -0.3 is 9.47 Å². The zero-order valence-electron chi connectivity index (χ0n) is 14.0. The zero-order valence-corrected chi connectivity index (χ0v) is 14.0. The number of cyclic esters (lactones) is 1. The second kappa shape index (κ2) is 7.15. The minimum atomic E-state index is -0.674. The van der Waals surface area contributed by atoms with E-state index < -0.39 is 23.6 Å². The first-order chi connectivity index (χ1) is 10.8. The third kappa shape index (κ3) is 4.56. The first-order valence-electron chi connectivity index (χ1n) is 8.20. The topological polar surface area (TPSA) is 72.9 Å². The second-order valence-corrected chi connectivity index (χ2v) is 6.89. The standard InChI is InChI=1S/C17H25NO5/c1-12(2)13-6-8-17(3,9-7-13)23-15(20)5-4-14(19)18-10-11-22-16(18)21/h4-5,12-13H,6-11H2,1-3H3/b5-4+. The maximum Gasteiger partial charge on any atom is 0.416 e. The Hall–Kier alpha value is -1.85. The van der Waals surface area contributed by atoms with Gasteiger partial charge in [0.1, 0.15) is 12.2 Å². The highest BCUT2D eigenvalue weighted by atomic mass is 16.6. The molecule has 6 nitrogen and oxygen atoms in total. The molecule has 0 aromatic heterocycles. The number of rotatable bonds is 4. The van der Waals surface area contributed by atoms with Gasteiger partial charge in [-0.25, -0.2) is 14.5 Å². The van der Waals surface area contributed by atoms with E-state index in [-0.39, 0.29) is 13.2 Å². The number of amides is 2. The largest absolute Gasteiger partial charge is 0.456 e. The molecule has 2 aliphatic rings. The van der Waals surface area contributed by atoms with Crippen LogP contribution in [-0.2, 0) is 19.1 Å². The summed E-state index contributed by atoms with van der Waals surface area (Å²) in [4.78, 5) is 35.9. The molecule has 2 rings (SSSR count). The first-order valence-corrected chi connectivity index (χ1v) is 8.20. The van der Waals surface area contributed by atoms with Gasteiger partial charge in [0.25, 0.3) is 5.91 Å². The second-order valence-electron chi connectivity index (χ2n) is 6.89. The number of hydrogen-bond donors (Lipinski definition) is 0. The summed E-state index contributed by atoms with van der Waals surface area (Å²) in [7, 11) is 0. The van der Waals surface area contributed by atoms with Crippen LogP contribution in [0.5, 0.6) is 0 Å². The summed E-state index contributed by atoms with van der Waals surface area (Å²) in [6.07, 6.45) is 5.25. The number of esters is 1. The number of imide groups is 1. The van der Waals surface area contributed by atoms with Crippen LogP contribution in [0.4, 0.5) is 4.79 Å². The molecule has 1 saturated carbocycles. The van der Waals surface area contributed by atoms with Gasteiger partial charge in [-0.1, -0.05) is 13.8 Å². The van der Waals surface area contributed by atoms with E-state index in [4.69, 9.17) is 4.74 Å². The van der Waals surface area contributed by atoms with Crippen molar-refractivity contribution in [2.75, 3.05) is 13.2 Å². The maximum atomic E-state index is 11.9. The van der Waals surface area contributed by atoms with Gasteiger partial charge in [-0.05, 0) is 44.4 Å². The molecule has 6 heteroatoms. The summed E-state index contributed by atoms with van der Waals surface area (Å²) in [6, 6.07) is 0. The third-order valence-corrected chi connectivity index (χ3v) is 4.77. The summed E-state index contributed by atoms with van der Waals surface area (Å²) in [6.45, 7) is 6.78. The van der Waals surface area contributed by atoms with Crippen LogP contribution in [0.2, 0.25) is 0 Å². The monoisotopic (exact) mass is 323 g/mol. The van der Waals surface area contributed by atoms with Gasteiger partial charge in [0.05, 0.1) is 6.54 Å². The lowest BCUT2D eigenvalue weighted by molar-refractivity contribution is -0.156.